The van der Waals surface area contributed by atoms with Gasteiger partial charge in [-0.15, -0.1) is 0 Å². The maximum Gasteiger partial charge on any atom is -0.0466 e. The van der Waals surface area contributed by atoms with E-state index in [1.165, 1.54) is 28.9 Å². The van der Waals surface area contributed by atoms with E-state index >= 15 is 0 Å². The van der Waals surface area contributed by atoms with Crippen LogP contribution in [0, 0.1) is 5.82 Å². The van der Waals surface area contributed by atoms with Crippen LogP contribution in [0.1, 0.15) is 15.9 Å². The smallest absolute Gasteiger partial charge is 0.0466 e. The number of benzene rings is 2. The van der Waals surface area contributed by atoms with E-state index in [2.05, 4.69) is 19.1 Å². The maximum atomic E-state index is 13.3. The molecule has 0 saturated carbocycles. The van der Waals surface area contributed by atoms with Crippen LogP contribution in [0.15, 0.2) is 53.0 Å². The van der Waals surface area contributed by atoms with Gasteiger partial charge < -0.3 is 8.42 Å². The van der Waals surface area contributed by atoms with E-state index in [9.17, 15) is 17.6 Å². The van der Waals surface area contributed by atoms with Gasteiger partial charge in [0.05, 0.1) is 0 Å². The van der Waals surface area contributed by atoms with E-state index in [1.54, 1.807) is 29.2 Å². The molecule has 1 aliphatic heterocycles. The zero-order chi connectivity index (χ0) is 19.8. The first kappa shape index (κ1) is 22.3. The van der Waals surface area contributed by atoms with Gasteiger partial charge in [0.15, 0.2) is 0 Å². The molecular weight excluding hydrogens is 542 g/mol. The second-order valence-corrected chi connectivity index (χ2v) is 9.40. The minimum atomic E-state index is -1.97. The van der Waals surface area contributed by atoms with E-state index in [4.69, 9.17) is 0 Å². The molecule has 1 saturated heterocycles. The van der Waals surface area contributed by atoms with Gasteiger partial charge in [0.1, 0.15) is 0 Å². The fourth-order valence-electron chi connectivity index (χ4n) is 2.43. The summed E-state index contributed by atoms with van der Waals surface area (Å²) in [5, 5.41) is 0. The topological polar surface area (TPSA) is 57.7 Å². The molecule has 0 aliphatic carbocycles. The molecule has 5 nitrogen and oxygen atoms in total. The molecule has 0 spiro atoms. The Labute approximate surface area is 182 Å². The van der Waals surface area contributed by atoms with Crippen molar-refractivity contribution in [1.29, 1.82) is 0 Å². The molecule has 1 amide bonds. The summed E-state index contributed by atoms with van der Waals surface area (Å²) >= 11 is 4.46. The molecule has 9 heteroatoms. The van der Waals surface area contributed by atoms with Crippen LogP contribution >= 0.6 is 15.9 Å². The second-order valence-electron chi connectivity index (χ2n) is 5.84. The minimum Gasteiger partial charge on any atom is -0.424 e. The van der Waals surface area contributed by atoms with Gasteiger partial charge >= 0.3 is 122 Å². The molecule has 1 aliphatic rings. The van der Waals surface area contributed by atoms with E-state index in [0.29, 0.717) is 10.0 Å². The summed E-state index contributed by atoms with van der Waals surface area (Å²) in [5.41, 5.74) is 1.25. The van der Waals surface area contributed by atoms with Crippen molar-refractivity contribution in [2.75, 3.05) is 26.2 Å². The predicted molar refractivity (Wildman–Crippen MR) is 106 cm³/mol. The van der Waals surface area contributed by atoms with Gasteiger partial charge in [0.25, 0.3) is 0 Å². The number of rotatable bonds is 3. The summed E-state index contributed by atoms with van der Waals surface area (Å²) in [6.45, 7) is 3.26. The summed E-state index contributed by atoms with van der Waals surface area (Å²) in [6.07, 6.45) is 0. The van der Waals surface area contributed by atoms with Crippen LogP contribution in [0.2, 0.25) is 0 Å². The largest absolute Gasteiger partial charge is 0.424 e. The van der Waals surface area contributed by atoms with Crippen molar-refractivity contribution in [1.82, 2.24) is 8.02 Å². The van der Waals surface area contributed by atoms with Crippen molar-refractivity contribution in [3.8, 4) is 0 Å². The number of hydrogen-bond donors (Lipinski definition) is 0. The summed E-state index contributed by atoms with van der Waals surface area (Å²) in [6, 6.07) is 13.6. The fraction of sp³-hybridized carbons (Fsp3) is 0.278. The Morgan fingerprint density at radius 2 is 1.70 bits per heavy atom. The average molecular weight is 560 g/mol. The van der Waals surface area contributed by atoms with Crippen molar-refractivity contribution < 1.29 is 17.6 Å². The number of amides is 1. The van der Waals surface area contributed by atoms with Crippen molar-refractivity contribution in [2.24, 2.45) is 0 Å². The maximum absolute atomic E-state index is 13.3. The Hall–Kier alpha value is -0.971. The molecule has 2 radical (unpaired) electrons. The summed E-state index contributed by atoms with van der Waals surface area (Å²) in [4.78, 5) is 13.9. The SMILES string of the molecule is O=C(c1ccc(Br)c(F)c1)N1CC[N]([Sn+])CC1.O=[S-](=O)Cc1ccccc1. The van der Waals surface area contributed by atoms with E-state index in [0.717, 1.165) is 31.7 Å². The minimum absolute atomic E-state index is 0.0831. The molecule has 0 bridgehead atoms. The average Bonchev–Trinajstić information content (AvgIpc) is 2.65. The van der Waals surface area contributed by atoms with Crippen molar-refractivity contribution in [3.63, 3.8) is 0 Å². The van der Waals surface area contributed by atoms with Crippen LogP contribution in [-0.4, -0.2) is 62.9 Å². The zero-order valence-corrected chi connectivity index (χ0v) is 19.7. The van der Waals surface area contributed by atoms with Gasteiger partial charge in [0, 0.05) is 0 Å². The Kier molecular flexibility index (Phi) is 9.20. The first-order valence-electron chi connectivity index (χ1n) is 8.17. The van der Waals surface area contributed by atoms with Gasteiger partial charge in [-0.1, -0.05) is 46.6 Å². The first-order chi connectivity index (χ1) is 12.9. The molecule has 142 valence electrons. The quantitative estimate of drug-likeness (QED) is 0.429. The van der Waals surface area contributed by atoms with Crippen LogP contribution in [-0.2, 0) is 24.9 Å². The normalized spacial score (nSPS) is 14.6. The standard InChI is InChI=1S/C11H11BrFN2O.C7H7O2S.Sn/c12-9-2-1-8(7-10(9)13)11(16)15-5-3-14-4-6-15;8-10(9)6-7-4-2-1-3-5-7;/h1-2,7H,3-6H2;1-5H,6H2;/q2*-1;+2. The van der Waals surface area contributed by atoms with Crippen LogP contribution < -0.4 is 0 Å². The molecule has 2 aromatic carbocycles. The van der Waals surface area contributed by atoms with Gasteiger partial charge in [-0.2, -0.15) is 0 Å². The number of piperazine rings is 1. The molecule has 0 unspecified atom stereocenters. The van der Waals surface area contributed by atoms with Crippen LogP contribution in [0.25, 0.3) is 0 Å². The molecule has 0 N–H and O–H groups in total. The van der Waals surface area contributed by atoms with Crippen LogP contribution in [0.3, 0.4) is 0 Å². The Bertz CT molecular complexity index is 836. The summed E-state index contributed by atoms with van der Waals surface area (Å²) < 4.78 is 36.3. The third kappa shape index (κ3) is 7.51. The van der Waals surface area contributed by atoms with E-state index in [-0.39, 0.29) is 11.7 Å². The molecule has 1 fully saturated rings. The monoisotopic (exact) mass is 560 g/mol. The number of nitrogens with zero attached hydrogens (tertiary/aromatic N) is 2. The summed E-state index contributed by atoms with van der Waals surface area (Å²) in [5.74, 6) is -0.365. The van der Waals surface area contributed by atoms with E-state index in [1.807, 2.05) is 18.2 Å². The Balaban J connectivity index is 0.000000223. The fourth-order valence-corrected chi connectivity index (χ4v) is 3.71. The molecule has 27 heavy (non-hydrogen) atoms. The third-order valence-corrected chi connectivity index (χ3v) is 6.35. The second kappa shape index (κ2) is 11.1. The van der Waals surface area contributed by atoms with E-state index < -0.39 is 16.5 Å². The first-order valence-corrected chi connectivity index (χ1v) is 11.5. The van der Waals surface area contributed by atoms with Crippen molar-refractivity contribution >= 4 is 55.3 Å². The Morgan fingerprint density at radius 1 is 1.07 bits per heavy atom. The van der Waals surface area contributed by atoms with Gasteiger partial charge in [-0.05, 0) is 5.75 Å². The predicted octanol–water partition coefficient (Wildman–Crippen LogP) is 2.93. The third-order valence-electron chi connectivity index (χ3n) is 3.86. The zero-order valence-electron chi connectivity index (χ0n) is 14.4. The van der Waals surface area contributed by atoms with Crippen molar-refractivity contribution in [3.05, 3.63) is 69.9 Å². The molecular formula is C18H18BrFN2O3SSn. The number of hydrogen-bond acceptors (Lipinski definition) is 5. The number of halogens is 2. The van der Waals surface area contributed by atoms with Crippen LogP contribution in [0.4, 0.5) is 4.39 Å². The number of carbonyl (C=O) groups excluding carboxylic acids is 1. The van der Waals surface area contributed by atoms with Gasteiger partial charge in [-0.3, -0.25) is 0 Å². The molecule has 0 atom stereocenters. The Morgan fingerprint density at radius 3 is 2.26 bits per heavy atom. The summed E-state index contributed by atoms with van der Waals surface area (Å²) in [7, 11) is -1.97. The molecule has 3 rings (SSSR count). The van der Waals surface area contributed by atoms with Gasteiger partial charge in [-0.25, -0.2) is 0 Å². The number of carbonyl (C=O) groups is 1. The molecule has 1 heterocycles. The molecule has 2 aromatic rings. The van der Waals surface area contributed by atoms with Crippen molar-refractivity contribution in [2.45, 2.75) is 5.75 Å². The van der Waals surface area contributed by atoms with Gasteiger partial charge in [0.2, 0.25) is 0 Å². The molecule has 0 aromatic heterocycles. The van der Waals surface area contributed by atoms with Crippen LogP contribution in [0.5, 0.6) is 0 Å².